The van der Waals surface area contributed by atoms with E-state index in [1.165, 1.54) is 64.7 Å². The SMILES string of the molecule is CCCCCCCCCCCC[C@H](O)[C@H]1CC[C@H]([C@H](O)CCCC[C@H](O)CCCCC[C@@H]2C[C@@H](CC(C)=O)C(=O)O2)O1. The van der Waals surface area contributed by atoms with Crippen molar-refractivity contribution in [2.45, 2.75) is 205 Å². The average molecular weight is 597 g/mol. The van der Waals surface area contributed by atoms with Crippen LogP contribution < -0.4 is 0 Å². The number of ether oxygens (including phenoxy) is 2. The lowest BCUT2D eigenvalue weighted by molar-refractivity contribution is -0.145. The molecule has 0 aromatic rings. The Morgan fingerprint density at radius 1 is 0.738 bits per heavy atom. The summed E-state index contributed by atoms with van der Waals surface area (Å²) in [5.41, 5.74) is 0. The van der Waals surface area contributed by atoms with Gasteiger partial charge in [-0.1, -0.05) is 96.8 Å². The number of hydrogen-bond acceptors (Lipinski definition) is 7. The summed E-state index contributed by atoms with van der Waals surface area (Å²) in [4.78, 5) is 23.1. The standard InChI is InChI=1S/C35H64O7/c1-3-4-5-6-7-8-9-10-11-15-21-31(38)33-23-24-34(42-33)32(39)22-17-16-19-29(37)18-13-12-14-20-30-26-28(25-27(2)36)35(40)41-30/h28-34,37-39H,3-26H2,1-2H3/t28-,29-,30-,31+,32-,33-,34-/m1/s1. The minimum Gasteiger partial charge on any atom is -0.462 e. The minimum atomic E-state index is -0.503. The molecule has 7 nitrogen and oxygen atoms in total. The molecule has 7 atom stereocenters. The summed E-state index contributed by atoms with van der Waals surface area (Å²) in [6.45, 7) is 3.77. The van der Waals surface area contributed by atoms with Crippen molar-refractivity contribution in [2.75, 3.05) is 0 Å². The molecule has 246 valence electrons. The number of aliphatic hydroxyl groups is 3. The third-order valence-corrected chi connectivity index (χ3v) is 9.35. The fourth-order valence-electron chi connectivity index (χ4n) is 6.69. The molecule has 0 aromatic carbocycles. The number of esters is 1. The summed E-state index contributed by atoms with van der Waals surface area (Å²) in [5, 5.41) is 31.6. The number of unbranched alkanes of at least 4 members (excludes halogenated alkanes) is 12. The van der Waals surface area contributed by atoms with E-state index in [2.05, 4.69) is 6.92 Å². The first-order valence-corrected chi connectivity index (χ1v) is 17.7. The molecule has 0 amide bonds. The number of ketones is 1. The van der Waals surface area contributed by atoms with Crippen molar-refractivity contribution in [2.24, 2.45) is 5.92 Å². The van der Waals surface area contributed by atoms with Gasteiger partial charge < -0.3 is 29.6 Å². The molecule has 0 unspecified atom stereocenters. The van der Waals surface area contributed by atoms with Crippen LogP contribution in [0.4, 0.5) is 0 Å². The number of rotatable bonds is 26. The van der Waals surface area contributed by atoms with Crippen molar-refractivity contribution in [3.05, 3.63) is 0 Å². The monoisotopic (exact) mass is 596 g/mol. The van der Waals surface area contributed by atoms with Gasteiger partial charge in [-0.15, -0.1) is 0 Å². The van der Waals surface area contributed by atoms with Crippen LogP contribution in [0.2, 0.25) is 0 Å². The topological polar surface area (TPSA) is 113 Å². The molecular weight excluding hydrogens is 532 g/mol. The maximum atomic E-state index is 11.8. The van der Waals surface area contributed by atoms with Crippen molar-refractivity contribution < 1.29 is 34.4 Å². The molecule has 0 saturated carbocycles. The van der Waals surface area contributed by atoms with Crippen molar-refractivity contribution in [3.8, 4) is 0 Å². The smallest absolute Gasteiger partial charge is 0.309 e. The lowest BCUT2D eigenvalue weighted by Gasteiger charge is -2.22. The number of aliphatic hydroxyl groups excluding tert-OH is 3. The Morgan fingerprint density at radius 2 is 1.21 bits per heavy atom. The number of carbonyl (C=O) groups excluding carboxylic acids is 2. The highest BCUT2D eigenvalue weighted by atomic mass is 16.6. The van der Waals surface area contributed by atoms with Crippen LogP contribution in [0.3, 0.4) is 0 Å². The summed E-state index contributed by atoms with van der Waals surface area (Å²) in [6, 6.07) is 0. The largest absolute Gasteiger partial charge is 0.462 e. The molecule has 2 saturated heterocycles. The summed E-state index contributed by atoms with van der Waals surface area (Å²) >= 11 is 0. The Kier molecular flexibility index (Phi) is 19.9. The van der Waals surface area contributed by atoms with Crippen LogP contribution in [0.5, 0.6) is 0 Å². The zero-order valence-electron chi connectivity index (χ0n) is 27.0. The zero-order chi connectivity index (χ0) is 30.6. The summed E-state index contributed by atoms with van der Waals surface area (Å²) in [6.07, 6.45) is 22.2. The number of Topliss-reactive ketones (excluding diaryl/α,β-unsaturated/α-hetero) is 1. The molecule has 2 aliphatic heterocycles. The fourth-order valence-corrected chi connectivity index (χ4v) is 6.69. The van der Waals surface area contributed by atoms with Crippen LogP contribution in [-0.4, -0.2) is 63.7 Å². The van der Waals surface area contributed by atoms with Gasteiger partial charge in [-0.05, 0) is 64.7 Å². The van der Waals surface area contributed by atoms with Gasteiger partial charge in [0.15, 0.2) is 0 Å². The molecule has 3 N–H and O–H groups in total. The van der Waals surface area contributed by atoms with E-state index in [4.69, 9.17) is 9.47 Å². The minimum absolute atomic E-state index is 0.0338. The number of hydrogen-bond donors (Lipinski definition) is 3. The van der Waals surface area contributed by atoms with Gasteiger partial charge in [0.2, 0.25) is 0 Å². The average Bonchev–Trinajstić information content (AvgIpc) is 3.58. The first kappa shape index (κ1) is 37.2. The number of cyclic esters (lactones) is 1. The van der Waals surface area contributed by atoms with Gasteiger partial charge in [0.05, 0.1) is 36.4 Å². The molecule has 2 aliphatic rings. The van der Waals surface area contributed by atoms with Crippen molar-refractivity contribution in [3.63, 3.8) is 0 Å². The summed E-state index contributed by atoms with van der Waals surface area (Å²) < 4.78 is 11.5. The predicted octanol–water partition coefficient (Wildman–Crippen LogP) is 7.35. The second-order valence-corrected chi connectivity index (χ2v) is 13.4. The second-order valence-electron chi connectivity index (χ2n) is 13.4. The van der Waals surface area contributed by atoms with Crippen molar-refractivity contribution in [1.29, 1.82) is 0 Å². The molecule has 2 heterocycles. The third kappa shape index (κ3) is 16.2. The Labute approximate surface area is 256 Å². The molecular formula is C35H64O7. The van der Waals surface area contributed by atoms with E-state index in [1.807, 2.05) is 0 Å². The molecule has 0 aliphatic carbocycles. The highest BCUT2D eigenvalue weighted by Gasteiger charge is 2.35. The van der Waals surface area contributed by atoms with E-state index in [1.54, 1.807) is 0 Å². The van der Waals surface area contributed by atoms with Gasteiger partial charge in [0.25, 0.3) is 0 Å². The van der Waals surface area contributed by atoms with E-state index in [0.717, 1.165) is 77.0 Å². The zero-order valence-corrected chi connectivity index (χ0v) is 27.0. The van der Waals surface area contributed by atoms with E-state index >= 15 is 0 Å². The van der Waals surface area contributed by atoms with Gasteiger partial charge >= 0.3 is 5.97 Å². The van der Waals surface area contributed by atoms with Gasteiger partial charge in [0, 0.05) is 6.42 Å². The molecule has 42 heavy (non-hydrogen) atoms. The van der Waals surface area contributed by atoms with Crippen LogP contribution in [0, 0.1) is 5.92 Å². The van der Waals surface area contributed by atoms with E-state index in [9.17, 15) is 24.9 Å². The van der Waals surface area contributed by atoms with Gasteiger partial charge in [0.1, 0.15) is 11.9 Å². The van der Waals surface area contributed by atoms with Crippen LogP contribution in [0.25, 0.3) is 0 Å². The second kappa shape index (κ2) is 22.5. The third-order valence-electron chi connectivity index (χ3n) is 9.35. The van der Waals surface area contributed by atoms with E-state index in [-0.39, 0.29) is 48.5 Å². The molecule has 0 spiro atoms. The van der Waals surface area contributed by atoms with Crippen LogP contribution in [-0.2, 0) is 19.1 Å². The first-order valence-electron chi connectivity index (χ1n) is 17.7. The lowest BCUT2D eigenvalue weighted by atomic mass is 9.96. The van der Waals surface area contributed by atoms with Crippen molar-refractivity contribution in [1.82, 2.24) is 0 Å². The van der Waals surface area contributed by atoms with Gasteiger partial charge in [-0.2, -0.15) is 0 Å². The number of carbonyl (C=O) groups is 2. The van der Waals surface area contributed by atoms with Gasteiger partial charge in [-0.3, -0.25) is 4.79 Å². The van der Waals surface area contributed by atoms with Crippen LogP contribution >= 0.6 is 0 Å². The lowest BCUT2D eigenvalue weighted by Crippen LogP contribution is -2.31. The van der Waals surface area contributed by atoms with Crippen molar-refractivity contribution >= 4 is 11.8 Å². The van der Waals surface area contributed by atoms with Gasteiger partial charge in [-0.25, -0.2) is 0 Å². The Hall–Kier alpha value is -1.02. The molecule has 2 rings (SSSR count). The summed E-state index contributed by atoms with van der Waals surface area (Å²) in [5.74, 6) is -0.459. The fraction of sp³-hybridized carbons (Fsp3) is 0.943. The highest BCUT2D eigenvalue weighted by Crippen LogP contribution is 2.29. The maximum Gasteiger partial charge on any atom is 0.309 e. The summed E-state index contributed by atoms with van der Waals surface area (Å²) in [7, 11) is 0. The molecule has 2 fully saturated rings. The molecule has 0 bridgehead atoms. The quantitative estimate of drug-likeness (QED) is 0.0707. The van der Waals surface area contributed by atoms with Crippen LogP contribution in [0.1, 0.15) is 168 Å². The molecule has 0 aromatic heterocycles. The predicted molar refractivity (Wildman–Crippen MR) is 167 cm³/mol. The Balaban J connectivity index is 1.41. The Morgan fingerprint density at radius 3 is 1.79 bits per heavy atom. The van der Waals surface area contributed by atoms with E-state index < -0.39 is 12.2 Å². The Bertz CT molecular complexity index is 713. The van der Waals surface area contributed by atoms with E-state index in [0.29, 0.717) is 12.8 Å². The highest BCUT2D eigenvalue weighted by molar-refractivity contribution is 5.83. The first-order chi connectivity index (χ1) is 20.3. The molecule has 7 heteroatoms. The molecule has 0 radical (unpaired) electrons. The maximum absolute atomic E-state index is 11.8. The van der Waals surface area contributed by atoms with Crippen LogP contribution in [0.15, 0.2) is 0 Å². The normalized spacial score (nSPS) is 24.5.